The first kappa shape index (κ1) is 13.3. The molecule has 1 aliphatic heterocycles. The summed E-state index contributed by atoms with van der Waals surface area (Å²) < 4.78 is 18.5. The molecule has 1 fully saturated rings. The van der Waals surface area contributed by atoms with Crippen molar-refractivity contribution in [1.29, 1.82) is 0 Å². The van der Waals surface area contributed by atoms with Gasteiger partial charge in [0.15, 0.2) is 0 Å². The maximum absolute atomic E-state index is 13.3. The maximum atomic E-state index is 13.3. The highest BCUT2D eigenvalue weighted by Gasteiger charge is 2.22. The van der Waals surface area contributed by atoms with Crippen molar-refractivity contribution in [3.8, 4) is 5.75 Å². The first-order chi connectivity index (χ1) is 8.74. The lowest BCUT2D eigenvalue weighted by Crippen LogP contribution is -2.41. The number of methoxy groups -OCH3 is 1. The largest absolute Gasteiger partial charge is 0.496 e. The normalized spacial score (nSPS) is 20.9. The van der Waals surface area contributed by atoms with Crippen molar-refractivity contribution in [2.75, 3.05) is 20.3 Å². The van der Waals surface area contributed by atoms with Crippen LogP contribution in [-0.2, 0) is 6.54 Å². The van der Waals surface area contributed by atoms with Gasteiger partial charge in [-0.25, -0.2) is 4.39 Å². The third kappa shape index (κ3) is 3.00. The van der Waals surface area contributed by atoms with Crippen LogP contribution in [0.4, 0.5) is 4.39 Å². The minimum atomic E-state index is -0.247. The van der Waals surface area contributed by atoms with Gasteiger partial charge in [0.1, 0.15) is 11.6 Å². The molecule has 0 aliphatic carbocycles. The monoisotopic (exact) mass is 253 g/mol. The molecule has 1 aromatic rings. The van der Waals surface area contributed by atoms with E-state index >= 15 is 0 Å². The molecule has 3 nitrogen and oxygen atoms in total. The van der Waals surface area contributed by atoms with Gasteiger partial charge in [0.25, 0.3) is 0 Å². The molecule has 1 aliphatic rings. The zero-order valence-corrected chi connectivity index (χ0v) is 10.7. The number of likely N-dealkylation sites (tertiary alicyclic amines) is 1. The first-order valence-corrected chi connectivity index (χ1v) is 6.42. The molecule has 1 saturated heterocycles. The summed E-state index contributed by atoms with van der Waals surface area (Å²) in [5, 5.41) is 9.37. The first-order valence-electron chi connectivity index (χ1n) is 6.42. The summed E-state index contributed by atoms with van der Waals surface area (Å²) in [7, 11) is 1.59. The van der Waals surface area contributed by atoms with E-state index in [-0.39, 0.29) is 18.5 Å². The van der Waals surface area contributed by atoms with Crippen molar-refractivity contribution < 1.29 is 14.2 Å². The van der Waals surface area contributed by atoms with Gasteiger partial charge < -0.3 is 9.84 Å². The number of nitrogens with zero attached hydrogens (tertiary/aromatic N) is 1. The van der Waals surface area contributed by atoms with Gasteiger partial charge in [-0.05, 0) is 37.6 Å². The van der Waals surface area contributed by atoms with Crippen molar-refractivity contribution in [3.63, 3.8) is 0 Å². The SMILES string of the molecule is COc1ccc(F)cc1CN1CCCCC1CO. The van der Waals surface area contributed by atoms with Crippen LogP contribution in [0, 0.1) is 5.82 Å². The molecule has 0 saturated carbocycles. The van der Waals surface area contributed by atoms with Gasteiger partial charge in [-0.3, -0.25) is 4.90 Å². The second-order valence-electron chi connectivity index (χ2n) is 4.76. The number of hydrogen-bond acceptors (Lipinski definition) is 3. The Bertz CT molecular complexity index is 397. The Morgan fingerprint density at radius 3 is 3.00 bits per heavy atom. The van der Waals surface area contributed by atoms with E-state index in [1.165, 1.54) is 12.1 Å². The minimum absolute atomic E-state index is 0.164. The van der Waals surface area contributed by atoms with Gasteiger partial charge in [-0.2, -0.15) is 0 Å². The number of ether oxygens (including phenoxy) is 1. The Labute approximate surface area is 107 Å². The summed E-state index contributed by atoms with van der Waals surface area (Å²) >= 11 is 0. The zero-order chi connectivity index (χ0) is 13.0. The third-order valence-electron chi connectivity index (χ3n) is 3.58. The minimum Gasteiger partial charge on any atom is -0.496 e. The van der Waals surface area contributed by atoms with Crippen LogP contribution in [0.1, 0.15) is 24.8 Å². The van der Waals surface area contributed by atoms with Gasteiger partial charge in [0.2, 0.25) is 0 Å². The number of benzene rings is 1. The smallest absolute Gasteiger partial charge is 0.123 e. The van der Waals surface area contributed by atoms with Gasteiger partial charge >= 0.3 is 0 Å². The molecule has 0 aromatic heterocycles. The highest BCUT2D eigenvalue weighted by Crippen LogP contribution is 2.25. The van der Waals surface area contributed by atoms with E-state index in [1.807, 2.05) is 0 Å². The Kier molecular flexibility index (Phi) is 4.55. The quantitative estimate of drug-likeness (QED) is 0.892. The van der Waals surface area contributed by atoms with Crippen LogP contribution in [0.2, 0.25) is 0 Å². The van der Waals surface area contributed by atoms with Crippen molar-refractivity contribution in [2.24, 2.45) is 0 Å². The van der Waals surface area contributed by atoms with Crippen molar-refractivity contribution >= 4 is 0 Å². The number of aliphatic hydroxyl groups is 1. The van der Waals surface area contributed by atoms with Crippen molar-refractivity contribution in [1.82, 2.24) is 4.90 Å². The summed E-state index contributed by atoms with van der Waals surface area (Å²) in [6, 6.07) is 4.76. The molecular formula is C14H20FNO2. The number of aliphatic hydroxyl groups excluding tert-OH is 1. The molecule has 0 radical (unpaired) electrons. The van der Waals surface area contributed by atoms with E-state index in [0.717, 1.165) is 31.4 Å². The van der Waals surface area contributed by atoms with Crippen LogP contribution in [0.25, 0.3) is 0 Å². The molecule has 1 atom stereocenters. The molecular weight excluding hydrogens is 233 g/mol. The molecule has 1 unspecified atom stereocenters. The maximum Gasteiger partial charge on any atom is 0.123 e. The Morgan fingerprint density at radius 1 is 1.44 bits per heavy atom. The van der Waals surface area contributed by atoms with E-state index in [4.69, 9.17) is 4.74 Å². The van der Waals surface area contributed by atoms with E-state index in [9.17, 15) is 9.50 Å². The second-order valence-corrected chi connectivity index (χ2v) is 4.76. The highest BCUT2D eigenvalue weighted by molar-refractivity contribution is 5.33. The molecule has 2 rings (SSSR count). The number of hydrogen-bond donors (Lipinski definition) is 1. The summed E-state index contributed by atoms with van der Waals surface area (Å²) in [4.78, 5) is 2.21. The van der Waals surface area contributed by atoms with E-state index in [0.29, 0.717) is 12.3 Å². The predicted molar refractivity (Wildman–Crippen MR) is 68.1 cm³/mol. The van der Waals surface area contributed by atoms with Crippen molar-refractivity contribution in [3.05, 3.63) is 29.6 Å². The second kappa shape index (κ2) is 6.16. The lowest BCUT2D eigenvalue weighted by molar-refractivity contribution is 0.0833. The summed E-state index contributed by atoms with van der Waals surface area (Å²) in [5.41, 5.74) is 0.845. The van der Waals surface area contributed by atoms with E-state index < -0.39 is 0 Å². The van der Waals surface area contributed by atoms with Gasteiger partial charge in [-0.1, -0.05) is 6.42 Å². The topological polar surface area (TPSA) is 32.7 Å². The fourth-order valence-electron chi connectivity index (χ4n) is 2.56. The molecule has 4 heteroatoms. The van der Waals surface area contributed by atoms with E-state index in [2.05, 4.69) is 4.90 Å². The third-order valence-corrected chi connectivity index (χ3v) is 3.58. The summed E-state index contributed by atoms with van der Waals surface area (Å²) in [6.45, 7) is 1.74. The molecule has 0 spiro atoms. The van der Waals surface area contributed by atoms with E-state index in [1.54, 1.807) is 13.2 Å². The van der Waals surface area contributed by atoms with Crippen LogP contribution in [0.3, 0.4) is 0 Å². The molecule has 0 bridgehead atoms. The fourth-order valence-corrected chi connectivity index (χ4v) is 2.56. The Morgan fingerprint density at radius 2 is 2.28 bits per heavy atom. The van der Waals surface area contributed by atoms with Gasteiger partial charge in [-0.15, -0.1) is 0 Å². The average Bonchev–Trinajstić information content (AvgIpc) is 2.40. The average molecular weight is 253 g/mol. The summed E-state index contributed by atoms with van der Waals surface area (Å²) in [5.74, 6) is 0.460. The molecule has 1 heterocycles. The summed E-state index contributed by atoms with van der Waals surface area (Å²) in [6.07, 6.45) is 3.30. The lowest BCUT2D eigenvalue weighted by atomic mass is 10.0. The van der Waals surface area contributed by atoms with Gasteiger partial charge in [0.05, 0.1) is 13.7 Å². The number of rotatable bonds is 4. The van der Waals surface area contributed by atoms with Gasteiger partial charge in [0, 0.05) is 18.2 Å². The zero-order valence-electron chi connectivity index (χ0n) is 10.7. The number of halogens is 1. The fraction of sp³-hybridized carbons (Fsp3) is 0.571. The van der Waals surface area contributed by atoms with Crippen LogP contribution < -0.4 is 4.74 Å². The Hall–Kier alpha value is -1.13. The number of piperidine rings is 1. The molecule has 1 N–H and O–H groups in total. The van der Waals surface area contributed by atoms with Crippen LogP contribution in [0.15, 0.2) is 18.2 Å². The Balaban J connectivity index is 2.14. The molecule has 0 amide bonds. The standard InChI is InChI=1S/C14H20FNO2/c1-18-14-6-5-12(15)8-11(14)9-16-7-3-2-4-13(16)10-17/h5-6,8,13,17H,2-4,7,9-10H2,1H3. The van der Waals surface area contributed by atoms with Crippen LogP contribution in [0.5, 0.6) is 5.75 Å². The molecule has 1 aromatic carbocycles. The molecule has 100 valence electrons. The molecule has 18 heavy (non-hydrogen) atoms. The van der Waals surface area contributed by atoms with Crippen molar-refractivity contribution in [2.45, 2.75) is 31.8 Å². The highest BCUT2D eigenvalue weighted by atomic mass is 19.1. The van der Waals surface area contributed by atoms with Crippen LogP contribution in [-0.4, -0.2) is 36.3 Å². The predicted octanol–water partition coefficient (Wildman–Crippen LogP) is 2.18. The lowest BCUT2D eigenvalue weighted by Gasteiger charge is -2.34. The van der Waals surface area contributed by atoms with Crippen LogP contribution >= 0.6 is 0 Å².